The molecule has 2 heterocycles. The number of nitrogens with zero attached hydrogens (tertiary/aromatic N) is 1. The van der Waals surface area contributed by atoms with E-state index >= 15 is 0 Å². The van der Waals surface area contributed by atoms with Gasteiger partial charge in [-0.2, -0.15) is 11.3 Å². The molecule has 1 aliphatic heterocycles. The minimum Gasteiger partial charge on any atom is -0.381 e. The Morgan fingerprint density at radius 1 is 1.50 bits per heavy atom. The average Bonchev–Trinajstić information content (AvgIpc) is 3.15. The zero-order chi connectivity index (χ0) is 13.8. The topological polar surface area (TPSA) is 24.5 Å². The van der Waals surface area contributed by atoms with Gasteiger partial charge in [0, 0.05) is 37.7 Å². The van der Waals surface area contributed by atoms with Crippen molar-refractivity contribution in [2.24, 2.45) is 5.41 Å². The van der Waals surface area contributed by atoms with Crippen molar-refractivity contribution < 1.29 is 4.74 Å². The summed E-state index contributed by atoms with van der Waals surface area (Å²) in [6.45, 7) is 5.16. The molecule has 0 bridgehead atoms. The van der Waals surface area contributed by atoms with Gasteiger partial charge < -0.3 is 15.0 Å². The molecule has 3 nitrogen and oxygen atoms in total. The fourth-order valence-corrected chi connectivity index (χ4v) is 3.86. The molecule has 1 unspecified atom stereocenters. The Morgan fingerprint density at radius 2 is 2.40 bits per heavy atom. The van der Waals surface area contributed by atoms with Crippen LogP contribution < -0.4 is 5.32 Å². The lowest BCUT2D eigenvalue weighted by Crippen LogP contribution is -2.48. The van der Waals surface area contributed by atoms with Crippen LogP contribution in [0, 0.1) is 5.41 Å². The number of ether oxygens (including phenoxy) is 1. The van der Waals surface area contributed by atoms with Crippen molar-refractivity contribution in [2.75, 3.05) is 33.4 Å². The van der Waals surface area contributed by atoms with E-state index in [0.29, 0.717) is 5.41 Å². The highest BCUT2D eigenvalue weighted by Gasteiger charge is 2.35. The lowest BCUT2D eigenvalue weighted by Gasteiger charge is -2.40. The molecule has 4 heteroatoms. The Balaban J connectivity index is 1.56. The maximum Gasteiger partial charge on any atom is 0.0546 e. The quantitative estimate of drug-likeness (QED) is 0.837. The second-order valence-corrected chi connectivity index (χ2v) is 7.40. The number of hydrogen-bond donors (Lipinski definition) is 1. The van der Waals surface area contributed by atoms with Crippen LogP contribution in [0.5, 0.6) is 0 Å². The van der Waals surface area contributed by atoms with Gasteiger partial charge in [0.2, 0.25) is 0 Å². The lowest BCUT2D eigenvalue weighted by atomic mass is 9.81. The molecule has 1 aliphatic carbocycles. The van der Waals surface area contributed by atoms with E-state index in [0.717, 1.165) is 38.9 Å². The minimum absolute atomic E-state index is 0.311. The molecular weight excluding hydrogens is 268 g/mol. The van der Waals surface area contributed by atoms with Gasteiger partial charge in [-0.1, -0.05) is 0 Å². The van der Waals surface area contributed by atoms with Gasteiger partial charge in [0.15, 0.2) is 0 Å². The van der Waals surface area contributed by atoms with Crippen molar-refractivity contribution in [3.63, 3.8) is 0 Å². The van der Waals surface area contributed by atoms with Crippen LogP contribution in [0.2, 0.25) is 0 Å². The third kappa shape index (κ3) is 4.04. The van der Waals surface area contributed by atoms with E-state index in [4.69, 9.17) is 4.74 Å². The Morgan fingerprint density at radius 3 is 3.05 bits per heavy atom. The van der Waals surface area contributed by atoms with Gasteiger partial charge in [-0.15, -0.1) is 0 Å². The summed E-state index contributed by atoms with van der Waals surface area (Å²) in [6.07, 6.45) is 5.22. The Kier molecular flexibility index (Phi) is 4.76. The van der Waals surface area contributed by atoms with Crippen LogP contribution in [0.3, 0.4) is 0 Å². The monoisotopic (exact) mass is 294 g/mol. The van der Waals surface area contributed by atoms with Crippen LogP contribution in [0.4, 0.5) is 0 Å². The summed E-state index contributed by atoms with van der Waals surface area (Å²) in [5, 5.41) is 8.14. The molecule has 0 spiro atoms. The first kappa shape index (κ1) is 14.5. The van der Waals surface area contributed by atoms with E-state index < -0.39 is 0 Å². The van der Waals surface area contributed by atoms with E-state index in [1.165, 1.54) is 31.2 Å². The van der Waals surface area contributed by atoms with Gasteiger partial charge >= 0.3 is 0 Å². The predicted octanol–water partition coefficient (Wildman–Crippen LogP) is 2.73. The second kappa shape index (κ2) is 6.56. The van der Waals surface area contributed by atoms with Crippen molar-refractivity contribution >= 4 is 11.3 Å². The molecule has 1 saturated carbocycles. The second-order valence-electron chi connectivity index (χ2n) is 6.62. The van der Waals surface area contributed by atoms with Crippen molar-refractivity contribution in [3.8, 4) is 0 Å². The van der Waals surface area contributed by atoms with E-state index in [1.54, 1.807) is 11.3 Å². The molecule has 112 valence electrons. The summed E-state index contributed by atoms with van der Waals surface area (Å²) in [4.78, 5) is 2.46. The third-order valence-corrected chi connectivity index (χ3v) is 5.12. The highest BCUT2D eigenvalue weighted by atomic mass is 32.1. The van der Waals surface area contributed by atoms with Crippen LogP contribution in [0.1, 0.15) is 31.2 Å². The summed E-state index contributed by atoms with van der Waals surface area (Å²) in [7, 11) is 2.24. The number of rotatable bonds is 7. The molecule has 1 aromatic rings. The predicted molar refractivity (Wildman–Crippen MR) is 84.2 cm³/mol. The maximum absolute atomic E-state index is 5.81. The molecular formula is C16H26N2OS. The summed E-state index contributed by atoms with van der Waals surface area (Å²) in [5.74, 6) is 0. The zero-order valence-electron chi connectivity index (χ0n) is 12.4. The first-order chi connectivity index (χ1) is 9.76. The minimum atomic E-state index is 0.311. The number of thiophene rings is 1. The van der Waals surface area contributed by atoms with Crippen LogP contribution in [0.15, 0.2) is 16.8 Å². The van der Waals surface area contributed by atoms with Crippen molar-refractivity contribution in [3.05, 3.63) is 22.4 Å². The van der Waals surface area contributed by atoms with E-state index in [2.05, 4.69) is 34.1 Å². The molecule has 0 amide bonds. The van der Waals surface area contributed by atoms with Crippen LogP contribution >= 0.6 is 11.3 Å². The van der Waals surface area contributed by atoms with Crippen LogP contribution in [-0.4, -0.2) is 44.3 Å². The first-order valence-corrected chi connectivity index (χ1v) is 8.71. The van der Waals surface area contributed by atoms with Crippen molar-refractivity contribution in [1.82, 2.24) is 10.2 Å². The van der Waals surface area contributed by atoms with Gasteiger partial charge in [-0.25, -0.2) is 0 Å². The molecule has 1 saturated heterocycles. The Hall–Kier alpha value is -0.420. The largest absolute Gasteiger partial charge is 0.381 e. The van der Waals surface area contributed by atoms with Gasteiger partial charge in [0.1, 0.15) is 0 Å². The third-order valence-electron chi connectivity index (χ3n) is 4.39. The zero-order valence-corrected chi connectivity index (χ0v) is 13.3. The molecule has 3 rings (SSSR count). The van der Waals surface area contributed by atoms with Crippen molar-refractivity contribution in [1.29, 1.82) is 0 Å². The standard InChI is InChI=1S/C16H26N2OS/c1-18(9-14-5-8-20-10-14)12-16(6-2-7-19-13-16)11-17-15-3-4-15/h5,8,10,15,17H,2-4,6-7,9,11-13H2,1H3. The summed E-state index contributed by atoms with van der Waals surface area (Å²) < 4.78 is 5.81. The number of nitrogens with one attached hydrogen (secondary N) is 1. The van der Waals surface area contributed by atoms with Crippen LogP contribution in [0.25, 0.3) is 0 Å². The maximum atomic E-state index is 5.81. The fraction of sp³-hybridized carbons (Fsp3) is 0.750. The summed E-state index contributed by atoms with van der Waals surface area (Å²) in [5.41, 5.74) is 1.74. The molecule has 1 atom stereocenters. The van der Waals surface area contributed by atoms with Gasteiger partial charge in [0.25, 0.3) is 0 Å². The smallest absolute Gasteiger partial charge is 0.0546 e. The molecule has 20 heavy (non-hydrogen) atoms. The molecule has 0 aromatic carbocycles. The molecule has 0 radical (unpaired) electrons. The number of hydrogen-bond acceptors (Lipinski definition) is 4. The van der Waals surface area contributed by atoms with E-state index in [1.807, 2.05) is 0 Å². The summed E-state index contributed by atoms with van der Waals surface area (Å²) >= 11 is 1.79. The molecule has 1 aromatic heterocycles. The summed E-state index contributed by atoms with van der Waals surface area (Å²) in [6, 6.07) is 3.02. The average molecular weight is 294 g/mol. The highest BCUT2D eigenvalue weighted by molar-refractivity contribution is 7.07. The fourth-order valence-electron chi connectivity index (χ4n) is 3.20. The normalized spacial score (nSPS) is 27.1. The highest BCUT2D eigenvalue weighted by Crippen LogP contribution is 2.31. The van der Waals surface area contributed by atoms with Crippen molar-refractivity contribution in [2.45, 2.75) is 38.3 Å². The van der Waals surface area contributed by atoms with E-state index in [9.17, 15) is 0 Å². The Labute approximate surface area is 126 Å². The van der Waals surface area contributed by atoms with Gasteiger partial charge in [0.05, 0.1) is 6.61 Å². The molecule has 2 aliphatic rings. The first-order valence-electron chi connectivity index (χ1n) is 7.77. The van der Waals surface area contributed by atoms with Gasteiger partial charge in [-0.3, -0.25) is 0 Å². The van der Waals surface area contributed by atoms with E-state index in [-0.39, 0.29) is 0 Å². The molecule has 1 N–H and O–H groups in total. The lowest BCUT2D eigenvalue weighted by molar-refractivity contribution is -0.0238. The molecule has 2 fully saturated rings. The SMILES string of the molecule is CN(Cc1ccsc1)CC1(CNC2CC2)CCCOC1. The van der Waals surface area contributed by atoms with Crippen LogP contribution in [-0.2, 0) is 11.3 Å². The Bertz CT molecular complexity index is 397. The van der Waals surface area contributed by atoms with Gasteiger partial charge in [-0.05, 0) is 55.1 Å².